The molecule has 4 nitrogen and oxygen atoms in total. The van der Waals surface area contributed by atoms with Gasteiger partial charge in [-0.3, -0.25) is 4.79 Å². The number of likely N-dealkylation sites (N-methyl/N-ethyl adjacent to an activating group) is 1. The summed E-state index contributed by atoms with van der Waals surface area (Å²) in [5, 5.41) is 0.902. The van der Waals surface area contributed by atoms with E-state index in [0.29, 0.717) is 17.9 Å². The molecule has 124 valence electrons. The van der Waals surface area contributed by atoms with Crippen LogP contribution in [0.5, 0.6) is 5.75 Å². The Labute approximate surface area is 139 Å². The predicted molar refractivity (Wildman–Crippen MR) is 89.3 cm³/mol. The lowest BCUT2D eigenvalue weighted by Crippen LogP contribution is -2.27. The van der Waals surface area contributed by atoms with E-state index in [9.17, 15) is 9.18 Å². The molecule has 0 radical (unpaired) electrons. The SMILES string of the molecule is COc1ccc2c(CC(=O)N(C)Cc3ccc(F)cc3)coc2c1. The van der Waals surface area contributed by atoms with Gasteiger partial charge in [-0.15, -0.1) is 0 Å². The van der Waals surface area contributed by atoms with Gasteiger partial charge in [-0.1, -0.05) is 12.1 Å². The lowest BCUT2D eigenvalue weighted by atomic mass is 10.1. The lowest BCUT2D eigenvalue weighted by molar-refractivity contribution is -0.129. The molecule has 0 atom stereocenters. The molecule has 1 amide bonds. The highest BCUT2D eigenvalue weighted by Gasteiger charge is 2.14. The molecule has 0 unspecified atom stereocenters. The Bertz CT molecular complexity index is 855. The Morgan fingerprint density at radius 2 is 1.96 bits per heavy atom. The van der Waals surface area contributed by atoms with E-state index < -0.39 is 0 Å². The number of hydrogen-bond donors (Lipinski definition) is 0. The molecule has 5 heteroatoms. The lowest BCUT2D eigenvalue weighted by Gasteiger charge is -2.17. The molecular formula is C19H18FNO3. The first kappa shape index (κ1) is 16.1. The summed E-state index contributed by atoms with van der Waals surface area (Å²) in [4.78, 5) is 14.1. The minimum Gasteiger partial charge on any atom is -0.497 e. The molecule has 0 bridgehead atoms. The van der Waals surface area contributed by atoms with Crippen LogP contribution < -0.4 is 4.74 Å². The van der Waals surface area contributed by atoms with Crippen molar-refractivity contribution < 1.29 is 18.3 Å². The maximum Gasteiger partial charge on any atom is 0.227 e. The van der Waals surface area contributed by atoms with Gasteiger partial charge >= 0.3 is 0 Å². The molecule has 3 rings (SSSR count). The second-order valence-electron chi connectivity index (χ2n) is 5.68. The van der Waals surface area contributed by atoms with Crippen molar-refractivity contribution in [2.75, 3.05) is 14.2 Å². The number of furan rings is 1. The summed E-state index contributed by atoms with van der Waals surface area (Å²) in [7, 11) is 3.33. The van der Waals surface area contributed by atoms with Crippen molar-refractivity contribution in [1.29, 1.82) is 0 Å². The van der Waals surface area contributed by atoms with Crippen LogP contribution in [-0.2, 0) is 17.8 Å². The molecule has 0 spiro atoms. The molecule has 0 aliphatic heterocycles. The Morgan fingerprint density at radius 3 is 2.67 bits per heavy atom. The van der Waals surface area contributed by atoms with E-state index in [1.54, 1.807) is 43.5 Å². The second kappa shape index (κ2) is 6.74. The summed E-state index contributed by atoms with van der Waals surface area (Å²) < 4.78 is 23.6. The normalized spacial score (nSPS) is 10.8. The monoisotopic (exact) mass is 327 g/mol. The first-order chi connectivity index (χ1) is 11.6. The number of benzene rings is 2. The zero-order valence-corrected chi connectivity index (χ0v) is 13.6. The maximum atomic E-state index is 12.9. The Morgan fingerprint density at radius 1 is 1.21 bits per heavy atom. The summed E-state index contributed by atoms with van der Waals surface area (Å²) in [6.45, 7) is 0.433. The Kier molecular flexibility index (Phi) is 4.51. The van der Waals surface area contributed by atoms with Gasteiger partial charge in [-0.05, 0) is 29.8 Å². The van der Waals surface area contributed by atoms with E-state index in [1.165, 1.54) is 12.1 Å². The first-order valence-corrected chi connectivity index (χ1v) is 7.59. The van der Waals surface area contributed by atoms with Crippen LogP contribution in [0.25, 0.3) is 11.0 Å². The van der Waals surface area contributed by atoms with Gasteiger partial charge in [0.25, 0.3) is 0 Å². The Hall–Kier alpha value is -2.82. The van der Waals surface area contributed by atoms with Crippen LogP contribution in [0.4, 0.5) is 4.39 Å². The van der Waals surface area contributed by atoms with Gasteiger partial charge < -0.3 is 14.1 Å². The van der Waals surface area contributed by atoms with E-state index in [0.717, 1.165) is 16.5 Å². The van der Waals surface area contributed by atoms with Gasteiger partial charge in [-0.25, -0.2) is 4.39 Å². The number of carbonyl (C=O) groups is 1. The standard InChI is InChI=1S/C19H18FNO3/c1-21(11-13-3-5-15(20)6-4-13)19(22)9-14-12-24-18-10-16(23-2)7-8-17(14)18/h3-8,10,12H,9,11H2,1-2H3. The number of carbonyl (C=O) groups excluding carboxylic acids is 1. The van der Waals surface area contributed by atoms with Gasteiger partial charge in [0, 0.05) is 30.6 Å². The molecule has 0 fully saturated rings. The minimum atomic E-state index is -0.284. The third kappa shape index (κ3) is 3.40. The summed E-state index contributed by atoms with van der Waals surface area (Å²) in [6.07, 6.45) is 1.85. The smallest absolute Gasteiger partial charge is 0.227 e. The molecule has 2 aromatic carbocycles. The van der Waals surface area contributed by atoms with Crippen molar-refractivity contribution in [2.24, 2.45) is 0 Å². The summed E-state index contributed by atoms with van der Waals surface area (Å²) in [5.41, 5.74) is 2.41. The van der Waals surface area contributed by atoms with Gasteiger partial charge in [0.05, 0.1) is 19.8 Å². The van der Waals surface area contributed by atoms with Crippen LogP contribution in [0, 0.1) is 5.82 Å². The predicted octanol–water partition coefficient (Wildman–Crippen LogP) is 3.78. The summed E-state index contributed by atoms with van der Waals surface area (Å²) in [6, 6.07) is 11.7. The number of nitrogens with zero attached hydrogens (tertiary/aromatic N) is 1. The van der Waals surface area contributed by atoms with Gasteiger partial charge in [-0.2, -0.15) is 0 Å². The first-order valence-electron chi connectivity index (χ1n) is 7.59. The molecule has 1 heterocycles. The number of ether oxygens (including phenoxy) is 1. The molecule has 3 aromatic rings. The highest BCUT2D eigenvalue weighted by Crippen LogP contribution is 2.26. The highest BCUT2D eigenvalue weighted by molar-refractivity contribution is 5.88. The zero-order valence-electron chi connectivity index (χ0n) is 13.6. The number of rotatable bonds is 5. The molecule has 0 saturated heterocycles. The van der Waals surface area contributed by atoms with Crippen LogP contribution in [-0.4, -0.2) is 25.0 Å². The van der Waals surface area contributed by atoms with Gasteiger partial charge in [0.1, 0.15) is 17.1 Å². The van der Waals surface area contributed by atoms with E-state index in [4.69, 9.17) is 9.15 Å². The zero-order chi connectivity index (χ0) is 17.1. The largest absolute Gasteiger partial charge is 0.497 e. The van der Waals surface area contributed by atoms with Crippen LogP contribution in [0.3, 0.4) is 0 Å². The summed E-state index contributed by atoms with van der Waals surface area (Å²) in [5.74, 6) is 0.397. The topological polar surface area (TPSA) is 42.7 Å². The van der Waals surface area contributed by atoms with Gasteiger partial charge in [0.2, 0.25) is 5.91 Å². The van der Waals surface area contributed by atoms with Crippen molar-refractivity contribution in [2.45, 2.75) is 13.0 Å². The quantitative estimate of drug-likeness (QED) is 0.716. The summed E-state index contributed by atoms with van der Waals surface area (Å²) >= 11 is 0. The third-order valence-corrected chi connectivity index (χ3v) is 3.96. The van der Waals surface area contributed by atoms with E-state index in [-0.39, 0.29) is 18.1 Å². The van der Waals surface area contributed by atoms with E-state index in [2.05, 4.69) is 0 Å². The second-order valence-corrected chi connectivity index (χ2v) is 5.68. The van der Waals surface area contributed by atoms with Crippen LogP contribution in [0.15, 0.2) is 53.1 Å². The molecular weight excluding hydrogens is 309 g/mol. The minimum absolute atomic E-state index is 0.0298. The maximum absolute atomic E-state index is 12.9. The fraction of sp³-hybridized carbons (Fsp3) is 0.211. The van der Waals surface area contributed by atoms with E-state index in [1.807, 2.05) is 12.1 Å². The van der Waals surface area contributed by atoms with Gasteiger partial charge in [0.15, 0.2) is 0 Å². The number of hydrogen-bond acceptors (Lipinski definition) is 3. The molecule has 24 heavy (non-hydrogen) atoms. The van der Waals surface area contributed by atoms with Crippen LogP contribution in [0.1, 0.15) is 11.1 Å². The fourth-order valence-electron chi connectivity index (χ4n) is 2.58. The van der Waals surface area contributed by atoms with Crippen LogP contribution >= 0.6 is 0 Å². The number of amides is 1. The van der Waals surface area contributed by atoms with E-state index >= 15 is 0 Å². The average Bonchev–Trinajstić information content (AvgIpc) is 2.98. The van der Waals surface area contributed by atoms with Crippen molar-refractivity contribution in [3.63, 3.8) is 0 Å². The van der Waals surface area contributed by atoms with Crippen LogP contribution in [0.2, 0.25) is 0 Å². The molecule has 1 aromatic heterocycles. The molecule has 0 saturated carbocycles. The average molecular weight is 327 g/mol. The van der Waals surface area contributed by atoms with Crippen molar-refractivity contribution >= 4 is 16.9 Å². The highest BCUT2D eigenvalue weighted by atomic mass is 19.1. The number of halogens is 1. The molecule has 0 aliphatic rings. The van der Waals surface area contributed by atoms with Crippen molar-refractivity contribution in [3.8, 4) is 5.75 Å². The fourth-order valence-corrected chi connectivity index (χ4v) is 2.58. The number of methoxy groups -OCH3 is 1. The molecule has 0 N–H and O–H groups in total. The number of fused-ring (bicyclic) bond motifs is 1. The van der Waals surface area contributed by atoms with Crippen molar-refractivity contribution in [3.05, 3.63) is 65.7 Å². The molecule has 0 aliphatic carbocycles. The van der Waals surface area contributed by atoms with Crippen molar-refractivity contribution in [1.82, 2.24) is 4.90 Å². The third-order valence-electron chi connectivity index (χ3n) is 3.96. The Balaban J connectivity index is 1.71.